The predicted octanol–water partition coefficient (Wildman–Crippen LogP) is 4.11. The molecule has 1 aromatic rings. The van der Waals surface area contributed by atoms with Gasteiger partial charge in [-0.3, -0.25) is 4.79 Å². The lowest BCUT2D eigenvalue weighted by Gasteiger charge is -2.24. The van der Waals surface area contributed by atoms with Crippen LogP contribution in [0.4, 0.5) is 0 Å². The van der Waals surface area contributed by atoms with Gasteiger partial charge in [-0.15, -0.1) is 0 Å². The number of carboxylic acids is 1. The van der Waals surface area contributed by atoms with E-state index in [0.29, 0.717) is 18.9 Å². The first kappa shape index (κ1) is 14.4. The first-order valence-electron chi connectivity index (χ1n) is 6.64. The number of carbonyl (C=O) groups is 1. The zero-order valence-corrected chi connectivity index (χ0v) is 12.6. The molecule has 2 rings (SSSR count). The van der Waals surface area contributed by atoms with Crippen LogP contribution in [0.5, 0.6) is 5.75 Å². The lowest BCUT2D eigenvalue weighted by Crippen LogP contribution is -2.30. The molecule has 0 spiro atoms. The minimum atomic E-state index is -0.670. The molecular formula is C15H19BrO3. The quantitative estimate of drug-likeness (QED) is 0.885. The summed E-state index contributed by atoms with van der Waals surface area (Å²) in [6.07, 6.45) is 3.13. The molecule has 1 aromatic carbocycles. The topological polar surface area (TPSA) is 46.5 Å². The number of ether oxygens (including phenoxy) is 1. The summed E-state index contributed by atoms with van der Waals surface area (Å²) in [6, 6.07) is 7.60. The SMILES string of the molecule is CC1CCC(CCOc2ccc(Br)cc2)(C(=O)O)C1. The van der Waals surface area contributed by atoms with Gasteiger partial charge in [-0.1, -0.05) is 22.9 Å². The van der Waals surface area contributed by atoms with E-state index in [4.69, 9.17) is 4.74 Å². The first-order valence-corrected chi connectivity index (χ1v) is 7.43. The number of halogens is 1. The zero-order valence-electron chi connectivity index (χ0n) is 11.1. The van der Waals surface area contributed by atoms with Crippen LogP contribution in [-0.4, -0.2) is 17.7 Å². The van der Waals surface area contributed by atoms with Gasteiger partial charge in [0, 0.05) is 4.47 Å². The minimum absolute atomic E-state index is 0.459. The summed E-state index contributed by atoms with van der Waals surface area (Å²) in [7, 11) is 0. The van der Waals surface area contributed by atoms with E-state index in [-0.39, 0.29) is 0 Å². The van der Waals surface area contributed by atoms with Crippen molar-refractivity contribution in [3.63, 3.8) is 0 Å². The van der Waals surface area contributed by atoms with Gasteiger partial charge in [0.1, 0.15) is 5.75 Å². The van der Waals surface area contributed by atoms with Crippen LogP contribution in [0.1, 0.15) is 32.6 Å². The van der Waals surface area contributed by atoms with E-state index in [0.717, 1.165) is 29.5 Å². The Balaban J connectivity index is 1.90. The molecule has 0 aromatic heterocycles. The van der Waals surface area contributed by atoms with E-state index in [1.54, 1.807) is 0 Å². The van der Waals surface area contributed by atoms with Gasteiger partial charge >= 0.3 is 5.97 Å². The predicted molar refractivity (Wildman–Crippen MR) is 77.3 cm³/mol. The highest BCUT2D eigenvalue weighted by Gasteiger charge is 2.43. The van der Waals surface area contributed by atoms with E-state index >= 15 is 0 Å². The summed E-state index contributed by atoms with van der Waals surface area (Å²) in [5.41, 5.74) is -0.575. The van der Waals surface area contributed by atoms with Crippen molar-refractivity contribution in [2.45, 2.75) is 32.6 Å². The Morgan fingerprint density at radius 2 is 2.16 bits per heavy atom. The molecule has 0 amide bonds. The molecule has 0 saturated heterocycles. The molecule has 1 saturated carbocycles. The van der Waals surface area contributed by atoms with E-state index in [1.807, 2.05) is 24.3 Å². The maximum Gasteiger partial charge on any atom is 0.309 e. The third-order valence-electron chi connectivity index (χ3n) is 3.97. The molecule has 3 nitrogen and oxygen atoms in total. The fourth-order valence-electron chi connectivity index (χ4n) is 2.82. The van der Waals surface area contributed by atoms with Crippen LogP contribution in [0.3, 0.4) is 0 Å². The first-order chi connectivity index (χ1) is 9.02. The number of aliphatic carboxylic acids is 1. The molecule has 0 radical (unpaired) electrons. The summed E-state index contributed by atoms with van der Waals surface area (Å²) >= 11 is 3.37. The van der Waals surface area contributed by atoms with Crippen LogP contribution in [0, 0.1) is 11.3 Å². The zero-order chi connectivity index (χ0) is 13.9. The molecule has 2 atom stereocenters. The van der Waals surface area contributed by atoms with Gasteiger partial charge in [0.25, 0.3) is 0 Å². The Kier molecular flexibility index (Phi) is 4.50. The van der Waals surface area contributed by atoms with Crippen LogP contribution >= 0.6 is 15.9 Å². The number of carboxylic acid groups (broad SMARTS) is 1. The maximum absolute atomic E-state index is 11.5. The molecule has 1 N–H and O–H groups in total. The highest BCUT2D eigenvalue weighted by atomic mass is 79.9. The molecule has 4 heteroatoms. The van der Waals surface area contributed by atoms with Gasteiger partial charge in [-0.25, -0.2) is 0 Å². The Morgan fingerprint density at radius 1 is 1.47 bits per heavy atom. The second kappa shape index (κ2) is 5.95. The van der Waals surface area contributed by atoms with Crippen molar-refractivity contribution in [1.29, 1.82) is 0 Å². The molecule has 0 bridgehead atoms. The number of hydrogen-bond acceptors (Lipinski definition) is 2. The van der Waals surface area contributed by atoms with Gasteiger partial charge in [0.15, 0.2) is 0 Å². The molecule has 1 aliphatic rings. The van der Waals surface area contributed by atoms with Crippen LogP contribution in [0.15, 0.2) is 28.7 Å². The Morgan fingerprint density at radius 3 is 2.68 bits per heavy atom. The van der Waals surface area contributed by atoms with Gasteiger partial charge in [0.2, 0.25) is 0 Å². The Bertz CT molecular complexity index is 443. The van der Waals surface area contributed by atoms with Gasteiger partial charge in [-0.05, 0) is 55.9 Å². The van der Waals surface area contributed by atoms with Crippen molar-refractivity contribution < 1.29 is 14.6 Å². The summed E-state index contributed by atoms with van der Waals surface area (Å²) in [4.78, 5) is 11.5. The molecule has 2 unspecified atom stereocenters. The molecule has 1 aliphatic carbocycles. The second-order valence-electron chi connectivity index (χ2n) is 5.49. The Hall–Kier alpha value is -1.03. The molecule has 19 heavy (non-hydrogen) atoms. The molecule has 0 heterocycles. The molecular weight excluding hydrogens is 308 g/mol. The fraction of sp³-hybridized carbons (Fsp3) is 0.533. The van der Waals surface area contributed by atoms with Crippen LogP contribution in [0.2, 0.25) is 0 Å². The standard InChI is InChI=1S/C15H19BrO3/c1-11-6-7-15(10-11,14(17)18)8-9-19-13-4-2-12(16)3-5-13/h2-5,11H,6-10H2,1H3,(H,17,18). The van der Waals surface area contributed by atoms with Crippen LogP contribution in [0.25, 0.3) is 0 Å². The normalized spacial score (nSPS) is 26.3. The minimum Gasteiger partial charge on any atom is -0.494 e. The summed E-state index contributed by atoms with van der Waals surface area (Å²) in [5.74, 6) is 0.620. The summed E-state index contributed by atoms with van der Waals surface area (Å²) in [5, 5.41) is 9.45. The molecule has 1 fully saturated rings. The number of hydrogen-bond donors (Lipinski definition) is 1. The number of benzene rings is 1. The van der Waals surface area contributed by atoms with Crippen molar-refractivity contribution in [2.75, 3.05) is 6.61 Å². The van der Waals surface area contributed by atoms with Gasteiger partial charge < -0.3 is 9.84 Å². The Labute approximate surface area is 122 Å². The van der Waals surface area contributed by atoms with Crippen molar-refractivity contribution in [2.24, 2.45) is 11.3 Å². The molecule has 104 valence electrons. The largest absolute Gasteiger partial charge is 0.494 e. The van der Waals surface area contributed by atoms with Crippen molar-refractivity contribution in [3.05, 3.63) is 28.7 Å². The van der Waals surface area contributed by atoms with Crippen LogP contribution < -0.4 is 4.74 Å². The summed E-state index contributed by atoms with van der Waals surface area (Å²) < 4.78 is 6.66. The van der Waals surface area contributed by atoms with Gasteiger partial charge in [0.05, 0.1) is 12.0 Å². The monoisotopic (exact) mass is 326 g/mol. The van der Waals surface area contributed by atoms with E-state index in [9.17, 15) is 9.90 Å². The average molecular weight is 327 g/mol. The van der Waals surface area contributed by atoms with E-state index < -0.39 is 11.4 Å². The van der Waals surface area contributed by atoms with Crippen LogP contribution in [-0.2, 0) is 4.79 Å². The lowest BCUT2D eigenvalue weighted by molar-refractivity contribution is -0.149. The highest BCUT2D eigenvalue weighted by Crippen LogP contribution is 2.44. The van der Waals surface area contributed by atoms with Crippen molar-refractivity contribution in [1.82, 2.24) is 0 Å². The lowest BCUT2D eigenvalue weighted by atomic mass is 9.82. The summed E-state index contributed by atoms with van der Waals surface area (Å²) in [6.45, 7) is 2.58. The van der Waals surface area contributed by atoms with Crippen molar-refractivity contribution in [3.8, 4) is 5.75 Å². The third kappa shape index (κ3) is 3.50. The smallest absolute Gasteiger partial charge is 0.309 e. The van der Waals surface area contributed by atoms with Gasteiger partial charge in [-0.2, -0.15) is 0 Å². The second-order valence-corrected chi connectivity index (χ2v) is 6.40. The molecule has 0 aliphatic heterocycles. The van der Waals surface area contributed by atoms with Crippen molar-refractivity contribution >= 4 is 21.9 Å². The number of rotatable bonds is 5. The average Bonchev–Trinajstić information content (AvgIpc) is 2.75. The third-order valence-corrected chi connectivity index (χ3v) is 4.50. The van der Waals surface area contributed by atoms with E-state index in [2.05, 4.69) is 22.9 Å². The maximum atomic E-state index is 11.5. The highest BCUT2D eigenvalue weighted by molar-refractivity contribution is 9.10. The van der Waals surface area contributed by atoms with E-state index in [1.165, 1.54) is 0 Å². The fourth-order valence-corrected chi connectivity index (χ4v) is 3.08.